The van der Waals surface area contributed by atoms with Gasteiger partial charge in [-0.3, -0.25) is 0 Å². The smallest absolute Gasteiger partial charge is 0.0547 e. The van der Waals surface area contributed by atoms with Crippen molar-refractivity contribution in [3.8, 4) is 39.3 Å². The molecule has 70 heavy (non-hydrogen) atoms. The normalized spacial score (nSPS) is 11.7. The molecule has 0 bridgehead atoms. The van der Waals surface area contributed by atoms with E-state index in [0.29, 0.717) is 0 Å². The van der Waals surface area contributed by atoms with Gasteiger partial charge in [-0.1, -0.05) is 152 Å². The lowest BCUT2D eigenvalue weighted by Crippen LogP contribution is -2.09. The van der Waals surface area contributed by atoms with Crippen LogP contribution in [0.1, 0.15) is 0 Å². The van der Waals surface area contributed by atoms with E-state index in [-0.39, 0.29) is 0 Å². The van der Waals surface area contributed by atoms with E-state index in [4.69, 9.17) is 0 Å². The van der Waals surface area contributed by atoms with Crippen molar-refractivity contribution in [2.24, 2.45) is 0 Å². The summed E-state index contributed by atoms with van der Waals surface area (Å²) >= 11 is 0. The van der Waals surface area contributed by atoms with Crippen LogP contribution < -0.4 is 4.90 Å². The summed E-state index contributed by atoms with van der Waals surface area (Å²) in [7, 11) is 0. The van der Waals surface area contributed by atoms with Gasteiger partial charge in [0.15, 0.2) is 0 Å². The molecule has 14 aromatic rings. The molecule has 3 heterocycles. The third-order valence-corrected chi connectivity index (χ3v) is 14.2. The first-order valence-corrected chi connectivity index (χ1v) is 24.0. The standard InChI is InChI=1S/C66H44N4/c1-4-18-49(19-5-1)67(53-37-39-65-60(44-53)58-27-13-17-31-64(58)68(65)50-20-6-2-7-21-50)52-35-32-45(33-36-52)47-40-48(42-54(41-47)70-62-29-15-10-24-55(62)56-25-11-16-30-63(56)70)46-34-38-59-57-26-12-14-28-61(57)69(66(59)43-46)51-22-8-3-9-23-51/h1-44H. The number of hydrogen-bond acceptors (Lipinski definition) is 1. The lowest BCUT2D eigenvalue weighted by Gasteiger charge is -2.26. The highest BCUT2D eigenvalue weighted by atomic mass is 15.1. The minimum atomic E-state index is 1.08. The number of aromatic nitrogens is 3. The number of rotatable bonds is 8. The van der Waals surface area contributed by atoms with Crippen LogP contribution in [0.15, 0.2) is 267 Å². The molecular formula is C66H44N4. The third-order valence-electron chi connectivity index (χ3n) is 14.2. The molecule has 0 unspecified atom stereocenters. The molecule has 11 aromatic carbocycles. The van der Waals surface area contributed by atoms with Crippen LogP contribution in [0, 0.1) is 0 Å². The Morgan fingerprint density at radius 2 is 0.586 bits per heavy atom. The van der Waals surface area contributed by atoms with E-state index in [2.05, 4.69) is 286 Å². The molecule has 4 nitrogen and oxygen atoms in total. The topological polar surface area (TPSA) is 18.0 Å². The van der Waals surface area contributed by atoms with E-state index in [1.54, 1.807) is 0 Å². The Morgan fingerprint density at radius 1 is 0.200 bits per heavy atom. The molecule has 0 saturated heterocycles. The maximum Gasteiger partial charge on any atom is 0.0547 e. The van der Waals surface area contributed by atoms with Crippen LogP contribution >= 0.6 is 0 Å². The molecule has 0 atom stereocenters. The van der Waals surface area contributed by atoms with Crippen molar-refractivity contribution in [3.05, 3.63) is 267 Å². The predicted molar refractivity (Wildman–Crippen MR) is 295 cm³/mol. The van der Waals surface area contributed by atoms with Crippen LogP contribution in [0.3, 0.4) is 0 Å². The van der Waals surface area contributed by atoms with Gasteiger partial charge >= 0.3 is 0 Å². The Bertz CT molecular complexity index is 4220. The molecule has 3 aromatic heterocycles. The Kier molecular flexibility index (Phi) is 9.17. The second kappa shape index (κ2) is 16.2. The Hall–Kier alpha value is -9.38. The van der Waals surface area contributed by atoms with Crippen molar-refractivity contribution in [1.29, 1.82) is 0 Å². The maximum atomic E-state index is 2.44. The minimum Gasteiger partial charge on any atom is -0.310 e. The van der Waals surface area contributed by atoms with Gasteiger partial charge in [0.05, 0.1) is 33.1 Å². The van der Waals surface area contributed by atoms with E-state index in [1.807, 2.05) is 0 Å². The zero-order valence-electron chi connectivity index (χ0n) is 38.2. The van der Waals surface area contributed by atoms with Crippen LogP contribution in [-0.4, -0.2) is 13.7 Å². The molecule has 0 aliphatic heterocycles. The van der Waals surface area contributed by atoms with E-state index >= 15 is 0 Å². The fraction of sp³-hybridized carbons (Fsp3) is 0. The molecule has 0 amide bonds. The number of fused-ring (bicyclic) bond motifs is 9. The Balaban J connectivity index is 0.940. The number of anilines is 3. The van der Waals surface area contributed by atoms with Crippen molar-refractivity contribution < 1.29 is 0 Å². The SMILES string of the molecule is c1ccc(N(c2ccc(-c3cc(-c4ccc5c6ccccc6n(-c6ccccc6)c5c4)cc(-n4c5ccccc5c5ccccc54)c3)cc2)c2ccc3c(c2)c2ccccc2n3-c2ccccc2)cc1. The summed E-state index contributed by atoms with van der Waals surface area (Å²) in [4.78, 5) is 2.37. The number of nitrogens with zero attached hydrogens (tertiary/aromatic N) is 4. The average molecular weight is 893 g/mol. The summed E-state index contributed by atoms with van der Waals surface area (Å²) in [6.45, 7) is 0. The van der Waals surface area contributed by atoms with E-state index in [0.717, 1.165) is 56.4 Å². The van der Waals surface area contributed by atoms with Crippen LogP contribution in [0.4, 0.5) is 17.1 Å². The molecule has 0 spiro atoms. The zero-order valence-corrected chi connectivity index (χ0v) is 38.2. The van der Waals surface area contributed by atoms with Crippen molar-refractivity contribution >= 4 is 82.5 Å². The lowest BCUT2D eigenvalue weighted by molar-refractivity contribution is 1.18. The lowest BCUT2D eigenvalue weighted by atomic mass is 9.96. The van der Waals surface area contributed by atoms with Crippen LogP contribution in [-0.2, 0) is 0 Å². The van der Waals surface area contributed by atoms with Crippen LogP contribution in [0.2, 0.25) is 0 Å². The number of hydrogen-bond donors (Lipinski definition) is 0. The molecule has 14 rings (SSSR count). The average Bonchev–Trinajstić information content (AvgIpc) is 4.07. The van der Waals surface area contributed by atoms with Crippen molar-refractivity contribution in [3.63, 3.8) is 0 Å². The van der Waals surface area contributed by atoms with E-state index in [9.17, 15) is 0 Å². The molecule has 0 N–H and O–H groups in total. The summed E-state index contributed by atoms with van der Waals surface area (Å²) in [5.41, 5.74) is 18.4. The first-order valence-electron chi connectivity index (χ1n) is 24.0. The molecule has 4 heteroatoms. The number of para-hydroxylation sites is 7. The van der Waals surface area contributed by atoms with Gasteiger partial charge in [0.2, 0.25) is 0 Å². The van der Waals surface area contributed by atoms with Crippen LogP contribution in [0.25, 0.3) is 105 Å². The van der Waals surface area contributed by atoms with Gasteiger partial charge in [0.25, 0.3) is 0 Å². The van der Waals surface area contributed by atoms with Crippen molar-refractivity contribution in [1.82, 2.24) is 13.7 Å². The summed E-state index contributed by atoms with van der Waals surface area (Å²) in [6.07, 6.45) is 0. The zero-order chi connectivity index (χ0) is 46.1. The molecule has 0 fully saturated rings. The highest BCUT2D eigenvalue weighted by Crippen LogP contribution is 2.42. The highest BCUT2D eigenvalue weighted by molar-refractivity contribution is 6.12. The Morgan fingerprint density at radius 3 is 1.14 bits per heavy atom. The largest absolute Gasteiger partial charge is 0.310 e. The second-order valence-corrected chi connectivity index (χ2v) is 18.2. The summed E-state index contributed by atoms with van der Waals surface area (Å²) < 4.78 is 7.22. The number of benzene rings is 11. The first-order chi connectivity index (χ1) is 34.7. The molecule has 0 aliphatic rings. The molecule has 0 aliphatic carbocycles. The van der Waals surface area contributed by atoms with Crippen molar-refractivity contribution in [2.45, 2.75) is 0 Å². The maximum absolute atomic E-state index is 2.44. The van der Waals surface area contributed by atoms with Crippen LogP contribution in [0.5, 0.6) is 0 Å². The molecular weight excluding hydrogens is 849 g/mol. The van der Waals surface area contributed by atoms with Gasteiger partial charge in [-0.2, -0.15) is 0 Å². The van der Waals surface area contributed by atoms with Gasteiger partial charge in [-0.05, 0) is 138 Å². The van der Waals surface area contributed by atoms with E-state index in [1.165, 1.54) is 65.4 Å². The van der Waals surface area contributed by atoms with E-state index < -0.39 is 0 Å². The fourth-order valence-corrected chi connectivity index (χ4v) is 11.1. The molecule has 0 saturated carbocycles. The van der Waals surface area contributed by atoms with Gasteiger partial charge in [-0.15, -0.1) is 0 Å². The predicted octanol–water partition coefficient (Wildman–Crippen LogP) is 17.8. The highest BCUT2D eigenvalue weighted by Gasteiger charge is 2.20. The fourth-order valence-electron chi connectivity index (χ4n) is 11.1. The monoisotopic (exact) mass is 892 g/mol. The summed E-state index contributed by atoms with van der Waals surface area (Å²) in [5.74, 6) is 0. The quantitative estimate of drug-likeness (QED) is 0.149. The van der Waals surface area contributed by atoms with Gasteiger partial charge < -0.3 is 18.6 Å². The summed E-state index contributed by atoms with van der Waals surface area (Å²) in [6, 6.07) is 97.3. The summed E-state index contributed by atoms with van der Waals surface area (Å²) in [5, 5.41) is 7.41. The first kappa shape index (κ1) is 39.8. The third kappa shape index (κ3) is 6.38. The molecule has 0 radical (unpaired) electrons. The van der Waals surface area contributed by atoms with Gasteiger partial charge in [-0.25, -0.2) is 0 Å². The second-order valence-electron chi connectivity index (χ2n) is 18.2. The Labute approximate surface area is 405 Å². The van der Waals surface area contributed by atoms with Gasteiger partial charge in [0, 0.05) is 66.4 Å². The molecule has 328 valence electrons. The minimum absolute atomic E-state index is 1.08. The van der Waals surface area contributed by atoms with Crippen molar-refractivity contribution in [2.75, 3.05) is 4.90 Å². The van der Waals surface area contributed by atoms with Gasteiger partial charge in [0.1, 0.15) is 0 Å².